The highest BCUT2D eigenvalue weighted by Gasteiger charge is 2.29. The molecule has 0 radical (unpaired) electrons. The molecule has 0 aliphatic carbocycles. The predicted octanol–water partition coefficient (Wildman–Crippen LogP) is 4.21. The molecule has 2 aromatic heterocycles. The van der Waals surface area contributed by atoms with Crippen molar-refractivity contribution in [1.29, 1.82) is 0 Å². The molecule has 3 heterocycles. The molecular weight excluding hydrogens is 405 g/mol. The molecule has 2 N–H and O–H groups in total. The van der Waals surface area contributed by atoms with E-state index in [1.54, 1.807) is 12.3 Å². The van der Waals surface area contributed by atoms with E-state index in [1.807, 2.05) is 11.8 Å². The summed E-state index contributed by atoms with van der Waals surface area (Å²) < 4.78 is 39.6. The van der Waals surface area contributed by atoms with Gasteiger partial charge in [-0.3, -0.25) is 9.88 Å². The number of likely N-dealkylation sites (tertiary alicyclic amines) is 1. The van der Waals surface area contributed by atoms with Gasteiger partial charge in [-0.05, 0) is 37.0 Å². The number of aliphatic hydroxyl groups is 1. The van der Waals surface area contributed by atoms with Gasteiger partial charge in [-0.15, -0.1) is 0 Å². The summed E-state index contributed by atoms with van der Waals surface area (Å²) in [4.78, 5) is 10.3. The maximum atomic E-state index is 14.8. The van der Waals surface area contributed by atoms with Gasteiger partial charge in [0.2, 0.25) is 6.43 Å². The molecule has 2 aromatic rings. The van der Waals surface area contributed by atoms with Crippen LogP contribution in [0, 0.1) is 11.7 Å². The lowest BCUT2D eigenvalue weighted by Crippen LogP contribution is -2.46. The van der Waals surface area contributed by atoms with E-state index in [2.05, 4.69) is 15.3 Å². The minimum Gasteiger partial charge on any atom is -0.396 e. The van der Waals surface area contributed by atoms with Crippen LogP contribution in [-0.2, 0) is 6.54 Å². The van der Waals surface area contributed by atoms with Crippen LogP contribution in [0.3, 0.4) is 0 Å². The van der Waals surface area contributed by atoms with E-state index >= 15 is 0 Å². The summed E-state index contributed by atoms with van der Waals surface area (Å²) >= 11 is 5.99. The van der Waals surface area contributed by atoms with Crippen LogP contribution in [0.25, 0.3) is 11.3 Å². The largest absolute Gasteiger partial charge is 0.396 e. The van der Waals surface area contributed by atoms with Gasteiger partial charge in [0.05, 0.1) is 0 Å². The van der Waals surface area contributed by atoms with Gasteiger partial charge in [0.1, 0.15) is 16.7 Å². The van der Waals surface area contributed by atoms with Gasteiger partial charge in [-0.1, -0.05) is 11.6 Å². The standard InChI is InChI=1S/C20H24ClF3N4O/c1-12(2-3-29)27-17-6-18(21)25-8-15(17)20-16(22)4-13(7-26-20)9-28-10-14(11-28)5-19(23)24/h4,6-8,12,14,19,29H,2-3,5,9-11H2,1H3,(H,25,27)/t12-/m0/s1. The Bertz CT molecular complexity index is 833. The number of hydrogen-bond acceptors (Lipinski definition) is 5. The van der Waals surface area contributed by atoms with Crippen molar-refractivity contribution in [3.8, 4) is 11.3 Å². The third kappa shape index (κ3) is 5.81. The third-order valence-corrected chi connectivity index (χ3v) is 5.14. The number of aromatic nitrogens is 2. The Morgan fingerprint density at radius 2 is 2.03 bits per heavy atom. The lowest BCUT2D eigenvalue weighted by Gasteiger charge is -2.39. The Morgan fingerprint density at radius 1 is 1.28 bits per heavy atom. The zero-order valence-corrected chi connectivity index (χ0v) is 16.8. The van der Waals surface area contributed by atoms with Crippen LogP contribution in [0.5, 0.6) is 0 Å². The average molecular weight is 429 g/mol. The van der Waals surface area contributed by atoms with Crippen molar-refractivity contribution in [2.24, 2.45) is 5.92 Å². The molecule has 1 atom stereocenters. The normalized spacial score (nSPS) is 16.1. The van der Waals surface area contributed by atoms with Gasteiger partial charge >= 0.3 is 0 Å². The Kier molecular flexibility index (Phi) is 7.32. The molecule has 9 heteroatoms. The Labute approximate surface area is 172 Å². The van der Waals surface area contributed by atoms with Crippen molar-refractivity contribution >= 4 is 17.3 Å². The molecule has 158 valence electrons. The van der Waals surface area contributed by atoms with Crippen molar-refractivity contribution in [2.75, 3.05) is 25.0 Å². The summed E-state index contributed by atoms with van der Waals surface area (Å²) in [5.74, 6) is -0.490. The van der Waals surface area contributed by atoms with Crippen molar-refractivity contribution in [1.82, 2.24) is 14.9 Å². The van der Waals surface area contributed by atoms with Crippen molar-refractivity contribution in [2.45, 2.75) is 38.8 Å². The van der Waals surface area contributed by atoms with E-state index in [9.17, 15) is 13.2 Å². The first kappa shape index (κ1) is 21.8. The maximum absolute atomic E-state index is 14.8. The number of anilines is 1. The monoisotopic (exact) mass is 428 g/mol. The maximum Gasteiger partial charge on any atom is 0.239 e. The van der Waals surface area contributed by atoms with Crippen LogP contribution < -0.4 is 5.32 Å². The van der Waals surface area contributed by atoms with Gasteiger partial charge in [0.15, 0.2) is 0 Å². The lowest BCUT2D eigenvalue weighted by molar-refractivity contribution is 0.0316. The quantitative estimate of drug-likeness (QED) is 0.586. The fraction of sp³-hybridized carbons (Fsp3) is 0.500. The van der Waals surface area contributed by atoms with Gasteiger partial charge < -0.3 is 10.4 Å². The summed E-state index contributed by atoms with van der Waals surface area (Å²) in [5.41, 5.74) is 1.90. The van der Waals surface area contributed by atoms with Crippen molar-refractivity contribution in [3.63, 3.8) is 0 Å². The van der Waals surface area contributed by atoms with Crippen molar-refractivity contribution in [3.05, 3.63) is 41.1 Å². The molecule has 1 fully saturated rings. The Morgan fingerprint density at radius 3 is 2.69 bits per heavy atom. The van der Waals surface area contributed by atoms with Crippen LogP contribution in [-0.4, -0.2) is 52.1 Å². The summed E-state index contributed by atoms with van der Waals surface area (Å²) in [5, 5.41) is 12.6. The minimum atomic E-state index is -2.28. The molecule has 1 aliphatic heterocycles. The molecule has 0 unspecified atom stereocenters. The molecule has 1 saturated heterocycles. The number of halogens is 4. The number of pyridine rings is 2. The van der Waals surface area contributed by atoms with E-state index < -0.39 is 12.2 Å². The van der Waals surface area contributed by atoms with Crippen LogP contribution in [0.4, 0.5) is 18.9 Å². The number of alkyl halides is 2. The lowest BCUT2D eigenvalue weighted by atomic mass is 9.96. The molecule has 0 amide bonds. The third-order valence-electron chi connectivity index (χ3n) is 4.94. The first-order valence-corrected chi connectivity index (χ1v) is 9.91. The fourth-order valence-electron chi connectivity index (χ4n) is 3.50. The molecule has 3 rings (SSSR count). The van der Waals surface area contributed by atoms with E-state index in [0.717, 1.165) is 0 Å². The molecule has 0 bridgehead atoms. The summed E-state index contributed by atoms with van der Waals surface area (Å²) in [6, 6.07) is 2.97. The van der Waals surface area contributed by atoms with Gasteiger partial charge in [0.25, 0.3) is 0 Å². The Hall–Kier alpha value is -1.90. The van der Waals surface area contributed by atoms with Crippen LogP contribution in [0.2, 0.25) is 5.15 Å². The molecule has 0 aromatic carbocycles. The first-order valence-electron chi connectivity index (χ1n) is 9.54. The molecule has 5 nitrogen and oxygen atoms in total. The van der Waals surface area contributed by atoms with E-state index in [4.69, 9.17) is 16.7 Å². The number of nitrogens with zero attached hydrogens (tertiary/aromatic N) is 3. The smallest absolute Gasteiger partial charge is 0.239 e. The zero-order valence-electron chi connectivity index (χ0n) is 16.1. The highest BCUT2D eigenvalue weighted by atomic mass is 35.5. The highest BCUT2D eigenvalue weighted by Crippen LogP contribution is 2.31. The van der Waals surface area contributed by atoms with Gasteiger partial charge in [0, 0.05) is 62.3 Å². The van der Waals surface area contributed by atoms with E-state index in [0.29, 0.717) is 42.9 Å². The second-order valence-electron chi connectivity index (χ2n) is 7.47. The Balaban J connectivity index is 1.72. The van der Waals surface area contributed by atoms with E-state index in [-0.39, 0.29) is 35.8 Å². The van der Waals surface area contributed by atoms with Crippen LogP contribution in [0.1, 0.15) is 25.3 Å². The second-order valence-corrected chi connectivity index (χ2v) is 7.86. The summed E-state index contributed by atoms with van der Waals surface area (Å²) in [7, 11) is 0. The molecular formula is C20H24ClF3N4O. The topological polar surface area (TPSA) is 61.3 Å². The van der Waals surface area contributed by atoms with Crippen LogP contribution >= 0.6 is 11.6 Å². The van der Waals surface area contributed by atoms with Crippen molar-refractivity contribution < 1.29 is 18.3 Å². The number of hydrogen-bond donors (Lipinski definition) is 2. The average Bonchev–Trinajstić information content (AvgIpc) is 2.61. The molecule has 0 saturated carbocycles. The number of rotatable bonds is 9. The summed E-state index contributed by atoms with van der Waals surface area (Å²) in [6.45, 7) is 3.58. The van der Waals surface area contributed by atoms with Gasteiger partial charge in [-0.25, -0.2) is 18.2 Å². The SMILES string of the molecule is C[C@@H](CCO)Nc1cc(Cl)ncc1-c1ncc(CN2CC(CC(F)F)C2)cc1F. The van der Waals surface area contributed by atoms with Gasteiger partial charge in [-0.2, -0.15) is 0 Å². The van der Waals surface area contributed by atoms with E-state index in [1.165, 1.54) is 12.3 Å². The molecule has 1 aliphatic rings. The predicted molar refractivity (Wildman–Crippen MR) is 107 cm³/mol. The molecule has 29 heavy (non-hydrogen) atoms. The zero-order chi connectivity index (χ0) is 21.0. The van der Waals surface area contributed by atoms with Crippen LogP contribution in [0.15, 0.2) is 24.5 Å². The summed E-state index contributed by atoms with van der Waals surface area (Å²) in [6.07, 6.45) is 1.21. The minimum absolute atomic E-state index is 0.00163. The number of nitrogens with one attached hydrogen (secondary N) is 1. The second kappa shape index (κ2) is 9.73. The highest BCUT2D eigenvalue weighted by molar-refractivity contribution is 6.29. The first-order chi connectivity index (χ1) is 13.9. The number of aliphatic hydroxyl groups excluding tert-OH is 1. The molecule has 0 spiro atoms. The fourth-order valence-corrected chi connectivity index (χ4v) is 3.65.